The Morgan fingerprint density at radius 3 is 1.20 bits per heavy atom. The molecule has 10 heavy (non-hydrogen) atoms. The van der Waals surface area contributed by atoms with Gasteiger partial charge in [-0.1, -0.05) is 0 Å². The molecule has 0 aromatic rings. The monoisotopic (exact) mass is 146 g/mol. The van der Waals surface area contributed by atoms with E-state index in [1.165, 1.54) is 27.7 Å². The zero-order chi connectivity index (χ0) is 11.4. The van der Waals surface area contributed by atoms with Gasteiger partial charge in [0.2, 0.25) is 0 Å². The van der Waals surface area contributed by atoms with Crippen LogP contribution in [0.5, 0.6) is 0 Å². The van der Waals surface area contributed by atoms with Gasteiger partial charge in [-0.3, -0.25) is 0 Å². The fraction of sp³-hybridized carbons (Fsp3) is 1.00. The van der Waals surface area contributed by atoms with Crippen LogP contribution in [0, 0.1) is 0 Å². The molecule has 0 saturated carbocycles. The Morgan fingerprint density at radius 2 is 1.00 bits per heavy atom. The van der Waals surface area contributed by atoms with Gasteiger partial charge in [0.1, 0.15) is 0 Å². The van der Waals surface area contributed by atoms with Gasteiger partial charge in [0.25, 0.3) is 0 Å². The third kappa shape index (κ3) is 1.50. The molecule has 2 nitrogen and oxygen atoms in total. The van der Waals surface area contributed by atoms with Gasteiger partial charge in [-0.2, -0.15) is 0 Å². The summed E-state index contributed by atoms with van der Waals surface area (Å²) < 4.78 is 31.6. The van der Waals surface area contributed by atoms with Crippen LogP contribution in [0.25, 0.3) is 0 Å². The van der Waals surface area contributed by atoms with Gasteiger partial charge < -0.3 is 10.6 Å². The summed E-state index contributed by atoms with van der Waals surface area (Å²) in [6, 6.07) is -5.15. The van der Waals surface area contributed by atoms with Crippen LogP contribution < -0.4 is 10.6 Å². The highest BCUT2D eigenvalue weighted by atomic mass is 15.1. The van der Waals surface area contributed by atoms with Crippen LogP contribution in [-0.2, 0) is 0 Å². The molecule has 0 aromatic heterocycles. The molecule has 1 saturated heterocycles. The number of hydrogen-bond acceptors (Lipinski definition) is 2. The Hall–Kier alpha value is -0.0800. The van der Waals surface area contributed by atoms with E-state index in [2.05, 4.69) is 10.6 Å². The molecule has 0 spiro atoms. The summed E-state index contributed by atoms with van der Waals surface area (Å²) >= 11 is 0. The summed E-state index contributed by atoms with van der Waals surface area (Å²) in [7, 11) is 0. The molecule has 0 aliphatic carbocycles. The van der Waals surface area contributed by atoms with Crippen LogP contribution in [0.2, 0.25) is 0 Å². The van der Waals surface area contributed by atoms with E-state index in [-0.39, 0.29) is 0 Å². The van der Waals surface area contributed by atoms with Crippen molar-refractivity contribution in [2.24, 2.45) is 0 Å². The number of hydrogen-bond donors (Lipinski definition) is 2. The van der Waals surface area contributed by atoms with Crippen molar-refractivity contribution in [2.75, 3.05) is 0 Å². The quantitative estimate of drug-likeness (QED) is 0.526. The minimum Gasteiger partial charge on any atom is -0.309 e. The molecule has 2 N–H and O–H groups in total. The Morgan fingerprint density at radius 1 is 0.800 bits per heavy atom. The van der Waals surface area contributed by atoms with Gasteiger partial charge in [-0.15, -0.1) is 0 Å². The average Bonchev–Trinajstić information content (AvgIpc) is 1.78. The van der Waals surface area contributed by atoms with E-state index >= 15 is 0 Å². The highest BCUT2D eigenvalue weighted by molar-refractivity contribution is 4.89. The van der Waals surface area contributed by atoms with Crippen LogP contribution >= 0.6 is 0 Å². The van der Waals surface area contributed by atoms with Crippen LogP contribution in [0.15, 0.2) is 0 Å². The molecule has 0 amide bonds. The summed E-state index contributed by atoms with van der Waals surface area (Å²) in [4.78, 5) is 0. The number of rotatable bonds is 0. The smallest absolute Gasteiger partial charge is 0.0478 e. The predicted molar refractivity (Wildman–Crippen MR) is 44.1 cm³/mol. The Labute approximate surface area is 69.0 Å². The molecule has 1 aliphatic heterocycles. The van der Waals surface area contributed by atoms with Gasteiger partial charge in [0, 0.05) is 29.6 Å². The molecule has 0 radical (unpaired) electrons. The average molecular weight is 146 g/mol. The molecule has 1 heterocycles. The lowest BCUT2D eigenvalue weighted by atomic mass is 10.0. The highest BCUT2D eigenvalue weighted by Gasteiger charge is 2.25. The molecular formula is C8H18N2. The second kappa shape index (κ2) is 2.89. The van der Waals surface area contributed by atoms with Gasteiger partial charge in [-0.25, -0.2) is 0 Å². The zero-order valence-electron chi connectivity index (χ0n) is 11.0. The Kier molecular flexibility index (Phi) is 1.18. The summed E-state index contributed by atoms with van der Waals surface area (Å²) in [5.41, 5.74) is 0. The van der Waals surface area contributed by atoms with Crippen LogP contribution in [-0.4, -0.2) is 24.1 Å². The van der Waals surface area contributed by atoms with E-state index in [9.17, 15) is 0 Å². The van der Waals surface area contributed by atoms with Crippen molar-refractivity contribution < 1.29 is 5.48 Å². The third-order valence-electron chi connectivity index (χ3n) is 1.88. The first kappa shape index (κ1) is 4.07. The van der Waals surface area contributed by atoms with Crippen molar-refractivity contribution in [2.45, 2.75) is 51.8 Å². The Bertz CT molecular complexity index is 198. The molecule has 4 unspecified atom stereocenters. The lowest BCUT2D eigenvalue weighted by Crippen LogP contribution is -2.62. The molecule has 1 aliphatic rings. The van der Waals surface area contributed by atoms with Crippen LogP contribution in [0.1, 0.15) is 33.2 Å². The first-order chi connectivity index (χ1) is 5.91. The topological polar surface area (TPSA) is 24.1 Å². The summed E-state index contributed by atoms with van der Waals surface area (Å²) in [5, 5.41) is 5.42. The zero-order valence-corrected chi connectivity index (χ0v) is 7.00. The first-order valence-corrected chi connectivity index (χ1v) is 3.50. The standard InChI is InChI=1S/C8H18N2/c1-5-6(2)10-8(4)7(3)9-5/h5-10H,1-4H3/i5D,6D,7D,8D. The number of nitrogens with one attached hydrogen (secondary N) is 2. The van der Waals surface area contributed by atoms with E-state index in [1.54, 1.807) is 0 Å². The van der Waals surface area contributed by atoms with Crippen molar-refractivity contribution in [1.82, 2.24) is 10.6 Å². The van der Waals surface area contributed by atoms with Crippen molar-refractivity contribution in [3.8, 4) is 0 Å². The molecular weight excluding hydrogens is 124 g/mol. The van der Waals surface area contributed by atoms with E-state index in [4.69, 9.17) is 5.48 Å². The molecule has 4 atom stereocenters. The second-order valence-corrected chi connectivity index (χ2v) is 2.75. The van der Waals surface area contributed by atoms with Crippen molar-refractivity contribution >= 4 is 0 Å². The van der Waals surface area contributed by atoms with Gasteiger partial charge >= 0.3 is 0 Å². The maximum absolute atomic E-state index is 7.90. The van der Waals surface area contributed by atoms with Crippen molar-refractivity contribution in [3.05, 3.63) is 0 Å². The van der Waals surface area contributed by atoms with E-state index in [1.807, 2.05) is 0 Å². The van der Waals surface area contributed by atoms with Gasteiger partial charge in [0.05, 0.1) is 0 Å². The maximum Gasteiger partial charge on any atom is 0.0478 e. The lowest BCUT2D eigenvalue weighted by Gasteiger charge is -2.38. The normalized spacial score (nSPS) is 84.4. The minimum absolute atomic E-state index is 1.29. The first-order valence-electron chi connectivity index (χ1n) is 5.50. The molecule has 0 bridgehead atoms. The molecule has 1 fully saturated rings. The molecule has 1 rings (SSSR count). The fourth-order valence-corrected chi connectivity index (χ4v) is 0.938. The van der Waals surface area contributed by atoms with Gasteiger partial charge in [0.15, 0.2) is 0 Å². The molecule has 0 aromatic carbocycles. The molecule has 2 heteroatoms. The summed E-state index contributed by atoms with van der Waals surface area (Å²) in [6.45, 7) is 6.15. The lowest BCUT2D eigenvalue weighted by molar-refractivity contribution is 0.250. The summed E-state index contributed by atoms with van der Waals surface area (Å²) in [5.74, 6) is 0. The minimum atomic E-state index is -1.29. The SMILES string of the molecule is [2H]C1(C)NC([2H])(C)C([2H])(C)NC1([2H])C. The highest BCUT2D eigenvalue weighted by Crippen LogP contribution is 2.05. The second-order valence-electron chi connectivity index (χ2n) is 2.75. The Balaban J connectivity index is 3.07. The van der Waals surface area contributed by atoms with E-state index in [0.29, 0.717) is 0 Å². The maximum atomic E-state index is 7.90. The van der Waals surface area contributed by atoms with Gasteiger partial charge in [-0.05, 0) is 27.7 Å². The largest absolute Gasteiger partial charge is 0.309 e. The van der Waals surface area contributed by atoms with Crippen molar-refractivity contribution in [3.63, 3.8) is 0 Å². The predicted octanol–water partition coefficient (Wildman–Crippen LogP) is 0.733. The van der Waals surface area contributed by atoms with Crippen LogP contribution in [0.3, 0.4) is 0 Å². The van der Waals surface area contributed by atoms with Crippen molar-refractivity contribution in [1.29, 1.82) is 0 Å². The van der Waals surface area contributed by atoms with Crippen LogP contribution in [0.4, 0.5) is 0 Å². The van der Waals surface area contributed by atoms with E-state index in [0.717, 1.165) is 0 Å². The summed E-state index contributed by atoms with van der Waals surface area (Å²) in [6.07, 6.45) is 0. The third-order valence-corrected chi connectivity index (χ3v) is 1.88. The molecule has 60 valence electrons. The number of piperazine rings is 1. The fourth-order valence-electron chi connectivity index (χ4n) is 0.938. The van der Waals surface area contributed by atoms with E-state index < -0.39 is 24.1 Å².